The average molecular weight is 194 g/mol. The van der Waals surface area contributed by atoms with Gasteiger partial charge < -0.3 is 5.21 Å². The molecule has 3 heteroatoms. The Morgan fingerprint density at radius 1 is 1.07 bits per heavy atom. The molecule has 2 bridgehead atoms. The normalized spacial score (nSPS) is 38.4. The third kappa shape index (κ3) is 1.34. The standard InChI is InChI=1S/C11H18N2O/c14-12-11-8-2-1-3-9(11)7-13(6-8)10-4-5-10/h8-10,14H,1-7H2/t8-,9-/m1/s1. The Balaban J connectivity index is 1.78. The molecule has 0 unspecified atom stereocenters. The molecule has 0 aromatic carbocycles. The minimum absolute atomic E-state index is 0.563. The summed E-state index contributed by atoms with van der Waals surface area (Å²) in [6.07, 6.45) is 6.58. The van der Waals surface area contributed by atoms with Crippen LogP contribution in [0.1, 0.15) is 32.1 Å². The van der Waals surface area contributed by atoms with E-state index in [1.165, 1.54) is 32.1 Å². The number of hydrogen-bond donors (Lipinski definition) is 1. The molecule has 0 radical (unpaired) electrons. The van der Waals surface area contributed by atoms with Crippen LogP contribution in [0.2, 0.25) is 0 Å². The van der Waals surface area contributed by atoms with Gasteiger partial charge in [0.25, 0.3) is 0 Å². The number of piperidine rings is 1. The van der Waals surface area contributed by atoms with Gasteiger partial charge in [-0.15, -0.1) is 0 Å². The Kier molecular flexibility index (Phi) is 2.01. The molecule has 78 valence electrons. The summed E-state index contributed by atoms with van der Waals surface area (Å²) in [4.78, 5) is 2.63. The first-order valence-corrected chi connectivity index (χ1v) is 5.84. The van der Waals surface area contributed by atoms with Crippen LogP contribution < -0.4 is 0 Å². The molecule has 2 saturated carbocycles. The molecule has 0 amide bonds. The van der Waals surface area contributed by atoms with E-state index in [-0.39, 0.29) is 0 Å². The number of nitrogens with zero attached hydrogens (tertiary/aromatic N) is 2. The second-order valence-electron chi connectivity index (χ2n) is 5.03. The maximum atomic E-state index is 9.01. The smallest absolute Gasteiger partial charge is 0.0657 e. The van der Waals surface area contributed by atoms with Gasteiger partial charge in [-0.25, -0.2) is 0 Å². The average Bonchev–Trinajstić information content (AvgIpc) is 2.98. The van der Waals surface area contributed by atoms with Crippen molar-refractivity contribution in [2.24, 2.45) is 17.0 Å². The minimum atomic E-state index is 0.563. The predicted octanol–water partition coefficient (Wildman–Crippen LogP) is 1.71. The van der Waals surface area contributed by atoms with Gasteiger partial charge in [-0.1, -0.05) is 11.6 Å². The zero-order valence-electron chi connectivity index (χ0n) is 8.52. The van der Waals surface area contributed by atoms with Crippen molar-refractivity contribution in [3.63, 3.8) is 0 Å². The largest absolute Gasteiger partial charge is 0.411 e. The maximum absolute atomic E-state index is 9.01. The first-order valence-electron chi connectivity index (χ1n) is 5.84. The van der Waals surface area contributed by atoms with Gasteiger partial charge in [-0.05, 0) is 25.7 Å². The van der Waals surface area contributed by atoms with Crippen LogP contribution in [-0.4, -0.2) is 35.0 Å². The van der Waals surface area contributed by atoms with Crippen LogP contribution in [0.15, 0.2) is 5.16 Å². The molecular weight excluding hydrogens is 176 g/mol. The van der Waals surface area contributed by atoms with E-state index in [1.54, 1.807) is 0 Å². The van der Waals surface area contributed by atoms with Crippen molar-refractivity contribution >= 4 is 5.71 Å². The predicted molar refractivity (Wildman–Crippen MR) is 54.6 cm³/mol. The molecule has 1 N–H and O–H groups in total. The lowest BCUT2D eigenvalue weighted by Crippen LogP contribution is -2.49. The summed E-state index contributed by atoms with van der Waals surface area (Å²) in [5.74, 6) is 1.13. The topological polar surface area (TPSA) is 35.8 Å². The summed E-state index contributed by atoms with van der Waals surface area (Å²) in [5.41, 5.74) is 1.10. The second-order valence-corrected chi connectivity index (χ2v) is 5.03. The van der Waals surface area contributed by atoms with Crippen molar-refractivity contribution in [3.8, 4) is 0 Å². The van der Waals surface area contributed by atoms with Crippen LogP contribution in [-0.2, 0) is 0 Å². The van der Waals surface area contributed by atoms with E-state index in [1.807, 2.05) is 0 Å². The lowest BCUT2D eigenvalue weighted by Gasteiger charge is -2.41. The molecule has 3 fully saturated rings. The third-order valence-corrected chi connectivity index (χ3v) is 4.03. The molecule has 14 heavy (non-hydrogen) atoms. The molecule has 1 aliphatic heterocycles. The van der Waals surface area contributed by atoms with Crippen LogP contribution in [0.5, 0.6) is 0 Å². The van der Waals surface area contributed by atoms with Gasteiger partial charge in [0.2, 0.25) is 0 Å². The molecule has 1 saturated heterocycles. The van der Waals surface area contributed by atoms with E-state index < -0.39 is 0 Å². The van der Waals surface area contributed by atoms with Gasteiger partial charge in [0, 0.05) is 31.0 Å². The molecule has 3 nitrogen and oxygen atoms in total. The molecule has 3 rings (SSSR count). The van der Waals surface area contributed by atoms with Crippen LogP contribution in [0.3, 0.4) is 0 Å². The number of fused-ring (bicyclic) bond motifs is 2. The zero-order chi connectivity index (χ0) is 9.54. The van der Waals surface area contributed by atoms with E-state index in [4.69, 9.17) is 5.21 Å². The summed E-state index contributed by atoms with van der Waals surface area (Å²) in [7, 11) is 0. The van der Waals surface area contributed by atoms with Crippen LogP contribution in [0.4, 0.5) is 0 Å². The first kappa shape index (κ1) is 8.72. The molecular formula is C11H18N2O. The van der Waals surface area contributed by atoms with E-state index in [9.17, 15) is 0 Å². The molecule has 0 spiro atoms. The Labute approximate surface area is 84.8 Å². The lowest BCUT2D eigenvalue weighted by molar-refractivity contribution is 0.161. The highest BCUT2D eigenvalue weighted by atomic mass is 16.4. The van der Waals surface area contributed by atoms with Crippen LogP contribution in [0.25, 0.3) is 0 Å². The quantitative estimate of drug-likeness (QED) is 0.509. The highest BCUT2D eigenvalue weighted by molar-refractivity contribution is 5.90. The zero-order valence-corrected chi connectivity index (χ0v) is 8.52. The monoisotopic (exact) mass is 194 g/mol. The SMILES string of the molecule is ON=C1[C@@H]2CCC[C@@H]1CN(C1CC1)C2. The number of hydrogen-bond acceptors (Lipinski definition) is 3. The Bertz CT molecular complexity index is 244. The van der Waals surface area contributed by atoms with Gasteiger partial charge in [-0.3, -0.25) is 4.90 Å². The van der Waals surface area contributed by atoms with Gasteiger partial charge >= 0.3 is 0 Å². The van der Waals surface area contributed by atoms with E-state index in [0.29, 0.717) is 11.8 Å². The fourth-order valence-electron chi connectivity index (χ4n) is 3.15. The highest BCUT2D eigenvalue weighted by Crippen LogP contribution is 2.37. The molecule has 1 heterocycles. The number of rotatable bonds is 1. The summed E-state index contributed by atoms with van der Waals surface area (Å²) < 4.78 is 0. The Hall–Kier alpha value is -0.570. The third-order valence-electron chi connectivity index (χ3n) is 4.03. The van der Waals surface area contributed by atoms with E-state index in [2.05, 4.69) is 10.1 Å². The minimum Gasteiger partial charge on any atom is -0.411 e. The van der Waals surface area contributed by atoms with Crippen LogP contribution >= 0.6 is 0 Å². The fourth-order valence-corrected chi connectivity index (χ4v) is 3.15. The summed E-state index contributed by atoms with van der Waals surface area (Å²) in [5, 5.41) is 12.5. The van der Waals surface area contributed by atoms with Crippen molar-refractivity contribution in [2.75, 3.05) is 13.1 Å². The van der Waals surface area contributed by atoms with Gasteiger partial charge in [0.1, 0.15) is 0 Å². The van der Waals surface area contributed by atoms with Gasteiger partial charge in [-0.2, -0.15) is 0 Å². The van der Waals surface area contributed by atoms with Gasteiger partial charge in [0.15, 0.2) is 0 Å². The van der Waals surface area contributed by atoms with Crippen LogP contribution in [0, 0.1) is 11.8 Å². The molecule has 0 aromatic heterocycles. The summed E-state index contributed by atoms with van der Waals surface area (Å²) >= 11 is 0. The van der Waals surface area contributed by atoms with Crippen molar-refractivity contribution in [1.29, 1.82) is 0 Å². The molecule has 2 atom stereocenters. The second kappa shape index (κ2) is 3.23. The number of oxime groups is 1. The number of likely N-dealkylation sites (tertiary alicyclic amines) is 1. The highest BCUT2D eigenvalue weighted by Gasteiger charge is 2.41. The summed E-state index contributed by atoms with van der Waals surface area (Å²) in [6.45, 7) is 2.31. The lowest BCUT2D eigenvalue weighted by atomic mass is 9.76. The summed E-state index contributed by atoms with van der Waals surface area (Å²) in [6, 6.07) is 0.873. The fraction of sp³-hybridized carbons (Fsp3) is 0.909. The first-order chi connectivity index (χ1) is 6.88. The Morgan fingerprint density at radius 2 is 1.71 bits per heavy atom. The van der Waals surface area contributed by atoms with E-state index in [0.717, 1.165) is 24.8 Å². The van der Waals surface area contributed by atoms with Crippen molar-refractivity contribution in [3.05, 3.63) is 0 Å². The van der Waals surface area contributed by atoms with Gasteiger partial charge in [0.05, 0.1) is 5.71 Å². The molecule has 0 aromatic rings. The molecule has 3 aliphatic rings. The Morgan fingerprint density at radius 3 is 2.21 bits per heavy atom. The van der Waals surface area contributed by atoms with Crippen molar-refractivity contribution < 1.29 is 5.21 Å². The van der Waals surface area contributed by atoms with Crippen molar-refractivity contribution in [1.82, 2.24) is 4.90 Å². The molecule has 2 aliphatic carbocycles. The maximum Gasteiger partial charge on any atom is 0.0657 e. The van der Waals surface area contributed by atoms with Crippen molar-refractivity contribution in [2.45, 2.75) is 38.1 Å². The van der Waals surface area contributed by atoms with E-state index >= 15 is 0 Å².